The normalized spacial score (nSPS) is 11.3. The SMILES string of the molecule is O=C(COc1ccc([N+](=O)[O-])cc1)N[C@@H](Cc1ccc([N+](=O)[O-])cc1)C(=O)O. The highest BCUT2D eigenvalue weighted by Crippen LogP contribution is 2.17. The van der Waals surface area contributed by atoms with E-state index in [2.05, 4.69) is 5.32 Å². The lowest BCUT2D eigenvalue weighted by Crippen LogP contribution is -2.44. The van der Waals surface area contributed by atoms with Crippen molar-refractivity contribution in [3.8, 4) is 5.75 Å². The van der Waals surface area contributed by atoms with Gasteiger partial charge in [0.1, 0.15) is 11.8 Å². The van der Waals surface area contributed by atoms with Gasteiger partial charge in [0.15, 0.2) is 6.61 Å². The minimum Gasteiger partial charge on any atom is -0.484 e. The first-order valence-corrected chi connectivity index (χ1v) is 7.89. The Morgan fingerprint density at radius 2 is 1.46 bits per heavy atom. The van der Waals surface area contributed by atoms with Gasteiger partial charge in [0, 0.05) is 30.7 Å². The molecule has 0 unspecified atom stereocenters. The van der Waals surface area contributed by atoms with Crippen LogP contribution in [0.15, 0.2) is 48.5 Å². The molecule has 2 rings (SSSR count). The van der Waals surface area contributed by atoms with Crippen molar-refractivity contribution in [3.63, 3.8) is 0 Å². The first-order valence-electron chi connectivity index (χ1n) is 7.89. The summed E-state index contributed by atoms with van der Waals surface area (Å²) in [5, 5.41) is 32.8. The van der Waals surface area contributed by atoms with E-state index in [4.69, 9.17) is 4.74 Å². The first kappa shape index (κ1) is 20.3. The van der Waals surface area contributed by atoms with E-state index >= 15 is 0 Å². The predicted octanol–water partition coefficient (Wildman–Crippen LogP) is 1.69. The maximum Gasteiger partial charge on any atom is 0.326 e. The van der Waals surface area contributed by atoms with Crippen molar-refractivity contribution in [1.29, 1.82) is 0 Å². The molecule has 2 aromatic carbocycles. The summed E-state index contributed by atoms with van der Waals surface area (Å²) in [7, 11) is 0. The number of non-ortho nitro benzene ring substituents is 2. The van der Waals surface area contributed by atoms with Gasteiger partial charge in [0.2, 0.25) is 0 Å². The van der Waals surface area contributed by atoms with Gasteiger partial charge in [-0.2, -0.15) is 0 Å². The molecular weight excluding hydrogens is 374 g/mol. The van der Waals surface area contributed by atoms with Gasteiger partial charge in [-0.3, -0.25) is 25.0 Å². The van der Waals surface area contributed by atoms with Gasteiger partial charge >= 0.3 is 5.97 Å². The molecule has 0 bridgehead atoms. The van der Waals surface area contributed by atoms with E-state index in [1.165, 1.54) is 48.5 Å². The van der Waals surface area contributed by atoms with Gasteiger partial charge in [0.05, 0.1) is 9.85 Å². The highest BCUT2D eigenvalue weighted by molar-refractivity contribution is 5.84. The van der Waals surface area contributed by atoms with Crippen LogP contribution in [-0.2, 0) is 16.0 Å². The third kappa shape index (κ3) is 5.76. The minimum atomic E-state index is -1.28. The number of nitrogens with one attached hydrogen (secondary N) is 1. The fourth-order valence-corrected chi connectivity index (χ4v) is 2.24. The van der Waals surface area contributed by atoms with Crippen molar-refractivity contribution in [3.05, 3.63) is 74.3 Å². The number of hydrogen-bond donors (Lipinski definition) is 2. The Bertz CT molecular complexity index is 880. The van der Waals surface area contributed by atoms with Gasteiger partial charge in [-0.1, -0.05) is 12.1 Å². The molecule has 0 saturated carbocycles. The number of rotatable bonds is 9. The van der Waals surface area contributed by atoms with Crippen LogP contribution >= 0.6 is 0 Å². The zero-order chi connectivity index (χ0) is 20.7. The topological polar surface area (TPSA) is 162 Å². The first-order chi connectivity index (χ1) is 13.3. The lowest BCUT2D eigenvalue weighted by Gasteiger charge is -2.15. The Morgan fingerprint density at radius 1 is 0.964 bits per heavy atom. The number of carbonyl (C=O) groups excluding carboxylic acids is 1. The van der Waals surface area contributed by atoms with Crippen molar-refractivity contribution in [1.82, 2.24) is 5.32 Å². The summed E-state index contributed by atoms with van der Waals surface area (Å²) < 4.78 is 5.17. The summed E-state index contributed by atoms with van der Waals surface area (Å²) in [6, 6.07) is 9.11. The summed E-state index contributed by atoms with van der Waals surface area (Å²) in [6.07, 6.45) is -0.0728. The monoisotopic (exact) mass is 389 g/mol. The van der Waals surface area contributed by atoms with Crippen molar-refractivity contribution in [2.45, 2.75) is 12.5 Å². The molecule has 0 aromatic heterocycles. The Kier molecular flexibility index (Phi) is 6.58. The molecule has 1 atom stereocenters. The Balaban J connectivity index is 1.92. The molecule has 0 aliphatic carbocycles. The molecule has 1 amide bonds. The zero-order valence-corrected chi connectivity index (χ0v) is 14.3. The van der Waals surface area contributed by atoms with Gasteiger partial charge in [0.25, 0.3) is 17.3 Å². The van der Waals surface area contributed by atoms with Gasteiger partial charge in [-0.05, 0) is 17.7 Å². The second-order valence-electron chi connectivity index (χ2n) is 5.63. The van der Waals surface area contributed by atoms with E-state index in [1.54, 1.807) is 0 Å². The van der Waals surface area contributed by atoms with E-state index in [-0.39, 0.29) is 23.5 Å². The van der Waals surface area contributed by atoms with Crippen LogP contribution < -0.4 is 10.1 Å². The maximum atomic E-state index is 11.9. The summed E-state index contributed by atoms with van der Waals surface area (Å²) in [5.41, 5.74) is 0.233. The Labute approximate surface area is 157 Å². The number of carbonyl (C=O) groups is 2. The number of carboxylic acid groups (broad SMARTS) is 1. The second-order valence-corrected chi connectivity index (χ2v) is 5.63. The second kappa shape index (κ2) is 9.07. The highest BCUT2D eigenvalue weighted by atomic mass is 16.6. The van der Waals surface area contributed by atoms with Crippen molar-refractivity contribution in [2.75, 3.05) is 6.61 Å². The summed E-state index contributed by atoms with van der Waals surface area (Å²) in [6.45, 7) is -0.484. The Hall–Kier alpha value is -4.02. The van der Waals surface area contributed by atoms with Crippen molar-refractivity contribution >= 4 is 23.3 Å². The van der Waals surface area contributed by atoms with Gasteiger partial charge < -0.3 is 15.2 Å². The average molecular weight is 389 g/mol. The molecule has 146 valence electrons. The highest BCUT2D eigenvalue weighted by Gasteiger charge is 2.21. The number of nitrogens with zero attached hydrogens (tertiary/aromatic N) is 2. The average Bonchev–Trinajstić information content (AvgIpc) is 2.66. The number of nitro benzene ring substituents is 2. The molecule has 0 heterocycles. The molecule has 0 aliphatic rings. The van der Waals surface area contributed by atoms with Crippen molar-refractivity contribution in [2.24, 2.45) is 0 Å². The number of amides is 1. The third-order valence-corrected chi connectivity index (χ3v) is 3.64. The predicted molar refractivity (Wildman–Crippen MR) is 95.0 cm³/mol. The van der Waals surface area contributed by atoms with Crippen LogP contribution in [0.4, 0.5) is 11.4 Å². The van der Waals surface area contributed by atoms with Crippen molar-refractivity contribution < 1.29 is 29.3 Å². The fraction of sp³-hybridized carbons (Fsp3) is 0.176. The molecule has 0 spiro atoms. The van der Waals surface area contributed by atoms with Crippen LogP contribution in [-0.4, -0.2) is 39.5 Å². The molecule has 0 aliphatic heterocycles. The van der Waals surface area contributed by atoms with Gasteiger partial charge in [-0.15, -0.1) is 0 Å². The molecular formula is C17H15N3O8. The zero-order valence-electron chi connectivity index (χ0n) is 14.3. The summed E-state index contributed by atoms with van der Waals surface area (Å²) >= 11 is 0. The third-order valence-electron chi connectivity index (χ3n) is 3.64. The number of benzene rings is 2. The quantitative estimate of drug-likeness (QED) is 0.483. The van der Waals surface area contributed by atoms with Crippen LogP contribution in [0.25, 0.3) is 0 Å². The number of ether oxygens (including phenoxy) is 1. The minimum absolute atomic E-state index is 0.0728. The van der Waals surface area contributed by atoms with E-state index in [0.717, 1.165) is 0 Å². The van der Waals surface area contributed by atoms with Crippen LogP contribution in [0.3, 0.4) is 0 Å². The lowest BCUT2D eigenvalue weighted by molar-refractivity contribution is -0.385. The van der Waals surface area contributed by atoms with E-state index in [1.807, 2.05) is 0 Å². The van der Waals surface area contributed by atoms with Crippen LogP contribution in [0.5, 0.6) is 5.75 Å². The largest absolute Gasteiger partial charge is 0.484 e. The number of carboxylic acids is 1. The van der Waals surface area contributed by atoms with Crippen LogP contribution in [0.1, 0.15) is 5.56 Å². The number of aliphatic carboxylic acids is 1. The van der Waals surface area contributed by atoms with E-state index in [9.17, 15) is 34.9 Å². The molecule has 0 radical (unpaired) electrons. The molecule has 28 heavy (non-hydrogen) atoms. The summed E-state index contributed by atoms with van der Waals surface area (Å²) in [4.78, 5) is 43.4. The van der Waals surface area contributed by atoms with Gasteiger partial charge in [-0.25, -0.2) is 4.79 Å². The smallest absolute Gasteiger partial charge is 0.326 e. The molecule has 0 saturated heterocycles. The Morgan fingerprint density at radius 3 is 1.93 bits per heavy atom. The van der Waals surface area contributed by atoms with Crippen LogP contribution in [0, 0.1) is 20.2 Å². The molecule has 0 fully saturated rings. The maximum absolute atomic E-state index is 11.9. The lowest BCUT2D eigenvalue weighted by atomic mass is 10.1. The summed E-state index contributed by atoms with van der Waals surface area (Å²) in [5.74, 6) is -1.77. The molecule has 2 N–H and O–H groups in total. The van der Waals surface area contributed by atoms with E-state index < -0.39 is 34.4 Å². The number of nitro groups is 2. The molecule has 2 aromatic rings. The molecule has 11 nitrogen and oxygen atoms in total. The van der Waals surface area contributed by atoms with E-state index in [0.29, 0.717) is 5.56 Å². The van der Waals surface area contributed by atoms with Crippen LogP contribution in [0.2, 0.25) is 0 Å². The fourth-order valence-electron chi connectivity index (χ4n) is 2.24. The number of hydrogen-bond acceptors (Lipinski definition) is 7. The standard InChI is InChI=1S/C17H15N3O8/c21-16(10-28-14-7-5-13(6-8-14)20(26)27)18-15(17(22)23)9-11-1-3-12(4-2-11)19(24)25/h1-8,15H,9-10H2,(H,18,21)(H,22,23)/t15-/m0/s1. The molecule has 11 heteroatoms.